The van der Waals surface area contributed by atoms with Crippen molar-refractivity contribution < 1.29 is 19.1 Å². The number of nitrogens with zero attached hydrogens (tertiary/aromatic N) is 2. The zero-order valence-corrected chi connectivity index (χ0v) is 19.6. The fraction of sp³-hybridized carbons (Fsp3) is 0.391. The molecule has 0 saturated carbocycles. The van der Waals surface area contributed by atoms with Gasteiger partial charge < -0.3 is 19.7 Å². The zero-order chi connectivity index (χ0) is 22.4. The lowest BCUT2D eigenvalue weighted by Gasteiger charge is -2.35. The van der Waals surface area contributed by atoms with Crippen LogP contribution < -0.4 is 14.8 Å². The molecule has 0 radical (unpaired) electrons. The van der Waals surface area contributed by atoms with Gasteiger partial charge in [0.15, 0.2) is 6.10 Å². The van der Waals surface area contributed by atoms with Gasteiger partial charge in [-0.15, -0.1) is 0 Å². The second-order valence-electron chi connectivity index (χ2n) is 7.43. The van der Waals surface area contributed by atoms with Gasteiger partial charge in [-0.2, -0.15) is 0 Å². The molecule has 7 nitrogen and oxygen atoms in total. The number of likely N-dealkylation sites (N-methyl/N-ethyl adjacent to an activating group) is 1. The molecule has 1 fully saturated rings. The minimum atomic E-state index is -0.581. The largest absolute Gasteiger partial charge is 0.497 e. The summed E-state index contributed by atoms with van der Waals surface area (Å²) in [5, 5.41) is 2.60. The average Bonchev–Trinajstić information content (AvgIpc) is 2.80. The Morgan fingerprint density at radius 2 is 1.87 bits per heavy atom. The first-order valence-electron chi connectivity index (χ1n) is 10.2. The van der Waals surface area contributed by atoms with E-state index in [2.05, 4.69) is 26.1 Å². The molecule has 1 aliphatic rings. The van der Waals surface area contributed by atoms with Gasteiger partial charge in [0, 0.05) is 55.4 Å². The number of piperazine rings is 1. The van der Waals surface area contributed by atoms with Gasteiger partial charge in [0.2, 0.25) is 0 Å². The highest BCUT2D eigenvalue weighted by atomic mass is 79.9. The standard InChI is InChI=1S/C23H28BrN3O4/c1-16(22(28)25-2)31-21-8-7-19(24)13-18(21)15-26-9-11-27(12-10-26)23(29)17-5-4-6-20(14-17)30-3/h4-8,13-14,16H,9-12,15H2,1-3H3,(H,25,28). The summed E-state index contributed by atoms with van der Waals surface area (Å²) in [6.45, 7) is 5.22. The number of methoxy groups -OCH3 is 1. The average molecular weight is 490 g/mol. The zero-order valence-electron chi connectivity index (χ0n) is 18.1. The number of carbonyl (C=O) groups excluding carboxylic acids is 2. The molecule has 0 spiro atoms. The summed E-state index contributed by atoms with van der Waals surface area (Å²) < 4.78 is 12.1. The van der Waals surface area contributed by atoms with E-state index < -0.39 is 6.10 Å². The number of nitrogens with one attached hydrogen (secondary N) is 1. The molecule has 31 heavy (non-hydrogen) atoms. The summed E-state index contributed by atoms with van der Waals surface area (Å²) in [7, 11) is 3.19. The van der Waals surface area contributed by atoms with Crippen LogP contribution in [0, 0.1) is 0 Å². The Hall–Kier alpha value is -2.58. The Balaban J connectivity index is 1.62. The Morgan fingerprint density at radius 3 is 2.55 bits per heavy atom. The Bertz CT molecular complexity index is 929. The lowest BCUT2D eigenvalue weighted by molar-refractivity contribution is -0.126. The molecule has 2 aromatic carbocycles. The Morgan fingerprint density at radius 1 is 1.13 bits per heavy atom. The first-order valence-corrected chi connectivity index (χ1v) is 11.0. The highest BCUT2D eigenvalue weighted by Gasteiger charge is 2.24. The van der Waals surface area contributed by atoms with Crippen LogP contribution in [0.15, 0.2) is 46.9 Å². The van der Waals surface area contributed by atoms with Crippen molar-refractivity contribution in [3.8, 4) is 11.5 Å². The van der Waals surface area contributed by atoms with Gasteiger partial charge in [-0.05, 0) is 43.3 Å². The highest BCUT2D eigenvalue weighted by molar-refractivity contribution is 9.10. The van der Waals surface area contributed by atoms with Crippen molar-refractivity contribution in [1.82, 2.24) is 15.1 Å². The normalized spacial score (nSPS) is 15.3. The van der Waals surface area contributed by atoms with E-state index in [1.165, 1.54) is 0 Å². The maximum absolute atomic E-state index is 12.8. The van der Waals surface area contributed by atoms with E-state index in [1.807, 2.05) is 41.3 Å². The molecule has 3 rings (SSSR count). The van der Waals surface area contributed by atoms with E-state index in [0.717, 1.165) is 23.1 Å². The second-order valence-corrected chi connectivity index (χ2v) is 8.34. The number of carbonyl (C=O) groups is 2. The van der Waals surface area contributed by atoms with Crippen LogP contribution in [0.25, 0.3) is 0 Å². The number of hydrogen-bond acceptors (Lipinski definition) is 5. The Labute approximate surface area is 191 Å². The molecule has 2 aromatic rings. The fourth-order valence-electron chi connectivity index (χ4n) is 3.52. The van der Waals surface area contributed by atoms with Crippen molar-refractivity contribution in [2.75, 3.05) is 40.3 Å². The van der Waals surface area contributed by atoms with Crippen LogP contribution in [0.1, 0.15) is 22.8 Å². The molecular weight excluding hydrogens is 462 g/mol. The molecule has 0 aliphatic carbocycles. The van der Waals surface area contributed by atoms with Crippen molar-refractivity contribution in [2.24, 2.45) is 0 Å². The SMILES string of the molecule is CNC(=O)C(C)Oc1ccc(Br)cc1CN1CCN(C(=O)c2cccc(OC)c2)CC1. The smallest absolute Gasteiger partial charge is 0.260 e. The summed E-state index contributed by atoms with van der Waals surface area (Å²) in [5.74, 6) is 1.22. The van der Waals surface area contributed by atoms with E-state index in [0.29, 0.717) is 36.7 Å². The van der Waals surface area contributed by atoms with Crippen molar-refractivity contribution in [3.63, 3.8) is 0 Å². The molecule has 1 heterocycles. The molecule has 2 amide bonds. The highest BCUT2D eigenvalue weighted by Crippen LogP contribution is 2.26. The van der Waals surface area contributed by atoms with E-state index >= 15 is 0 Å². The lowest BCUT2D eigenvalue weighted by atomic mass is 10.1. The number of amides is 2. The third-order valence-corrected chi connectivity index (χ3v) is 5.81. The maximum atomic E-state index is 12.8. The van der Waals surface area contributed by atoms with Crippen LogP contribution in [0.3, 0.4) is 0 Å². The molecule has 0 bridgehead atoms. The monoisotopic (exact) mass is 489 g/mol. The molecular formula is C23H28BrN3O4. The molecule has 1 aliphatic heterocycles. The molecule has 1 N–H and O–H groups in total. The van der Waals surface area contributed by atoms with E-state index in [1.54, 1.807) is 27.1 Å². The number of hydrogen-bond donors (Lipinski definition) is 1. The van der Waals surface area contributed by atoms with Crippen molar-refractivity contribution in [3.05, 3.63) is 58.1 Å². The molecule has 1 atom stereocenters. The predicted molar refractivity (Wildman–Crippen MR) is 122 cm³/mol. The van der Waals surface area contributed by atoms with Crippen molar-refractivity contribution >= 4 is 27.7 Å². The number of benzene rings is 2. The minimum absolute atomic E-state index is 0.0180. The summed E-state index contributed by atoms with van der Waals surface area (Å²) in [4.78, 5) is 28.8. The van der Waals surface area contributed by atoms with Crippen molar-refractivity contribution in [2.45, 2.75) is 19.6 Å². The summed E-state index contributed by atoms with van der Waals surface area (Å²) in [6.07, 6.45) is -0.581. The second kappa shape index (κ2) is 10.6. The molecule has 1 unspecified atom stereocenters. The minimum Gasteiger partial charge on any atom is -0.497 e. The molecule has 166 valence electrons. The van der Waals surface area contributed by atoms with Crippen LogP contribution in [0.4, 0.5) is 0 Å². The van der Waals surface area contributed by atoms with Crippen LogP contribution in [0.2, 0.25) is 0 Å². The third kappa shape index (κ3) is 5.98. The molecule has 8 heteroatoms. The maximum Gasteiger partial charge on any atom is 0.260 e. The Kier molecular flexibility index (Phi) is 7.92. The summed E-state index contributed by atoms with van der Waals surface area (Å²) >= 11 is 3.52. The van der Waals surface area contributed by atoms with Gasteiger partial charge in [-0.1, -0.05) is 22.0 Å². The van der Waals surface area contributed by atoms with Crippen LogP contribution in [-0.4, -0.2) is 68.1 Å². The lowest BCUT2D eigenvalue weighted by Crippen LogP contribution is -2.48. The van der Waals surface area contributed by atoms with Crippen LogP contribution in [0.5, 0.6) is 11.5 Å². The van der Waals surface area contributed by atoms with Crippen LogP contribution in [-0.2, 0) is 11.3 Å². The summed E-state index contributed by atoms with van der Waals surface area (Å²) in [6, 6.07) is 13.0. The third-order valence-electron chi connectivity index (χ3n) is 5.31. The van der Waals surface area contributed by atoms with E-state index in [4.69, 9.17) is 9.47 Å². The van der Waals surface area contributed by atoms with Gasteiger partial charge in [-0.3, -0.25) is 14.5 Å². The quantitative estimate of drug-likeness (QED) is 0.647. The summed E-state index contributed by atoms with van der Waals surface area (Å²) in [5.41, 5.74) is 1.64. The van der Waals surface area contributed by atoms with E-state index in [9.17, 15) is 9.59 Å². The predicted octanol–water partition coefficient (Wildman–Crippen LogP) is 2.93. The number of ether oxygens (including phenoxy) is 2. The van der Waals surface area contributed by atoms with Gasteiger partial charge in [0.25, 0.3) is 11.8 Å². The van der Waals surface area contributed by atoms with Gasteiger partial charge in [0.1, 0.15) is 11.5 Å². The first-order chi connectivity index (χ1) is 14.9. The molecule has 0 aromatic heterocycles. The number of halogens is 1. The van der Waals surface area contributed by atoms with Gasteiger partial charge in [0.05, 0.1) is 7.11 Å². The molecule has 1 saturated heterocycles. The van der Waals surface area contributed by atoms with Gasteiger partial charge >= 0.3 is 0 Å². The van der Waals surface area contributed by atoms with Gasteiger partial charge in [-0.25, -0.2) is 0 Å². The first kappa shape index (κ1) is 23.1. The number of rotatable bonds is 7. The van der Waals surface area contributed by atoms with Crippen molar-refractivity contribution in [1.29, 1.82) is 0 Å². The topological polar surface area (TPSA) is 71.1 Å². The van der Waals surface area contributed by atoms with Crippen LogP contribution >= 0.6 is 15.9 Å². The van der Waals surface area contributed by atoms with E-state index in [-0.39, 0.29) is 11.8 Å². The fourth-order valence-corrected chi connectivity index (χ4v) is 3.93.